The van der Waals surface area contributed by atoms with Gasteiger partial charge in [-0.1, -0.05) is 18.2 Å². The molecular weight excluding hydrogens is 308 g/mol. The van der Waals surface area contributed by atoms with E-state index in [0.29, 0.717) is 30.3 Å². The number of para-hydroxylation sites is 1. The fourth-order valence-electron chi connectivity index (χ4n) is 2.38. The van der Waals surface area contributed by atoms with Crippen molar-refractivity contribution in [1.82, 2.24) is 9.88 Å². The predicted molar refractivity (Wildman–Crippen MR) is 88.3 cm³/mol. The van der Waals surface area contributed by atoms with Crippen LogP contribution in [0.4, 0.5) is 0 Å². The summed E-state index contributed by atoms with van der Waals surface area (Å²) in [4.78, 5) is 18.5. The Kier molecular flexibility index (Phi) is 5.76. The predicted octanol–water partition coefficient (Wildman–Crippen LogP) is 2.36. The minimum atomic E-state index is -0.372. The molecule has 0 spiro atoms. The number of morpholine rings is 1. The lowest BCUT2D eigenvalue weighted by molar-refractivity contribution is 0.0195. The number of hydrogen-bond acceptors (Lipinski definition) is 6. The maximum Gasteiger partial charge on any atom is 0.338 e. The molecular formula is C18H20N2O4. The monoisotopic (exact) mass is 328 g/mol. The number of hydrogen-bond donors (Lipinski definition) is 0. The summed E-state index contributed by atoms with van der Waals surface area (Å²) in [5.74, 6) is 0.662. The van der Waals surface area contributed by atoms with Gasteiger partial charge in [0, 0.05) is 31.9 Å². The molecule has 6 heteroatoms. The molecule has 126 valence electrons. The van der Waals surface area contributed by atoms with Crippen LogP contribution in [0.5, 0.6) is 11.6 Å². The largest absolute Gasteiger partial charge is 0.461 e. The van der Waals surface area contributed by atoms with Crippen molar-refractivity contribution < 1.29 is 19.0 Å². The molecule has 24 heavy (non-hydrogen) atoms. The molecule has 0 N–H and O–H groups in total. The smallest absolute Gasteiger partial charge is 0.338 e. The van der Waals surface area contributed by atoms with Gasteiger partial charge in [-0.2, -0.15) is 0 Å². The fourth-order valence-corrected chi connectivity index (χ4v) is 2.38. The maximum atomic E-state index is 12.1. The van der Waals surface area contributed by atoms with Gasteiger partial charge >= 0.3 is 5.97 Å². The molecule has 2 heterocycles. The summed E-state index contributed by atoms with van der Waals surface area (Å²) >= 11 is 0. The number of aromatic nitrogens is 1. The minimum absolute atomic E-state index is 0.357. The van der Waals surface area contributed by atoms with Crippen molar-refractivity contribution in [2.45, 2.75) is 0 Å². The molecule has 1 aromatic carbocycles. The number of esters is 1. The zero-order chi connectivity index (χ0) is 16.6. The van der Waals surface area contributed by atoms with Gasteiger partial charge in [-0.25, -0.2) is 9.78 Å². The SMILES string of the molecule is O=C(OCCN1CCOCC1)c1ccnc(Oc2ccccc2)c1. The molecule has 0 aliphatic carbocycles. The summed E-state index contributed by atoms with van der Waals surface area (Å²) in [5, 5.41) is 0. The first-order valence-corrected chi connectivity index (χ1v) is 7.97. The third-order valence-corrected chi connectivity index (χ3v) is 3.68. The number of pyridine rings is 1. The second kappa shape index (κ2) is 8.42. The van der Waals surface area contributed by atoms with Gasteiger partial charge in [0.15, 0.2) is 0 Å². The highest BCUT2D eigenvalue weighted by Crippen LogP contribution is 2.19. The van der Waals surface area contributed by atoms with Crippen LogP contribution in [0.1, 0.15) is 10.4 Å². The number of rotatable bonds is 6. The Balaban J connectivity index is 1.52. The second-order valence-electron chi connectivity index (χ2n) is 5.39. The Morgan fingerprint density at radius 1 is 1.17 bits per heavy atom. The van der Waals surface area contributed by atoms with Crippen molar-refractivity contribution in [2.75, 3.05) is 39.5 Å². The summed E-state index contributed by atoms with van der Waals surface area (Å²) in [7, 11) is 0. The summed E-state index contributed by atoms with van der Waals surface area (Å²) in [6, 6.07) is 12.5. The van der Waals surface area contributed by atoms with Gasteiger partial charge in [-0.15, -0.1) is 0 Å². The normalized spacial score (nSPS) is 15.0. The van der Waals surface area contributed by atoms with E-state index < -0.39 is 0 Å². The Morgan fingerprint density at radius 2 is 1.96 bits per heavy atom. The lowest BCUT2D eigenvalue weighted by Crippen LogP contribution is -2.38. The highest BCUT2D eigenvalue weighted by molar-refractivity contribution is 5.89. The maximum absolute atomic E-state index is 12.1. The molecule has 1 aliphatic heterocycles. The van der Waals surface area contributed by atoms with Crippen molar-refractivity contribution in [1.29, 1.82) is 0 Å². The zero-order valence-electron chi connectivity index (χ0n) is 13.4. The molecule has 1 fully saturated rings. The van der Waals surface area contributed by atoms with Crippen molar-refractivity contribution in [3.8, 4) is 11.6 Å². The Hall–Kier alpha value is -2.44. The Bertz CT molecular complexity index is 657. The number of benzene rings is 1. The third-order valence-electron chi connectivity index (χ3n) is 3.68. The van der Waals surface area contributed by atoms with Gasteiger partial charge < -0.3 is 14.2 Å². The van der Waals surface area contributed by atoms with E-state index >= 15 is 0 Å². The molecule has 0 radical (unpaired) electrons. The van der Waals surface area contributed by atoms with Crippen LogP contribution in [0, 0.1) is 0 Å². The number of carbonyl (C=O) groups is 1. The standard InChI is InChI=1S/C18H20N2O4/c21-18(23-13-10-20-8-11-22-12-9-20)15-6-7-19-17(14-15)24-16-4-2-1-3-5-16/h1-7,14H,8-13H2. The molecule has 2 aromatic rings. The topological polar surface area (TPSA) is 60.9 Å². The first-order chi connectivity index (χ1) is 11.8. The van der Waals surface area contributed by atoms with E-state index in [0.717, 1.165) is 26.3 Å². The summed E-state index contributed by atoms with van der Waals surface area (Å²) in [6.07, 6.45) is 1.54. The van der Waals surface area contributed by atoms with E-state index in [1.54, 1.807) is 12.1 Å². The molecule has 3 rings (SSSR count). The Morgan fingerprint density at radius 3 is 2.75 bits per heavy atom. The fraction of sp³-hybridized carbons (Fsp3) is 0.333. The quantitative estimate of drug-likeness (QED) is 0.759. The average Bonchev–Trinajstić information content (AvgIpc) is 2.64. The van der Waals surface area contributed by atoms with Gasteiger partial charge in [-0.05, 0) is 18.2 Å². The van der Waals surface area contributed by atoms with Crippen LogP contribution in [0.25, 0.3) is 0 Å². The molecule has 6 nitrogen and oxygen atoms in total. The highest BCUT2D eigenvalue weighted by Gasteiger charge is 2.13. The van der Waals surface area contributed by atoms with Crippen molar-refractivity contribution >= 4 is 5.97 Å². The van der Waals surface area contributed by atoms with Gasteiger partial charge in [0.05, 0.1) is 18.8 Å². The van der Waals surface area contributed by atoms with E-state index in [4.69, 9.17) is 14.2 Å². The minimum Gasteiger partial charge on any atom is -0.461 e. The molecule has 0 bridgehead atoms. The second-order valence-corrected chi connectivity index (χ2v) is 5.39. The van der Waals surface area contributed by atoms with Gasteiger partial charge in [0.2, 0.25) is 5.88 Å². The molecule has 1 aliphatic rings. The molecule has 0 amide bonds. The van der Waals surface area contributed by atoms with E-state index in [-0.39, 0.29) is 5.97 Å². The van der Waals surface area contributed by atoms with Crippen molar-refractivity contribution in [3.63, 3.8) is 0 Å². The molecule has 0 atom stereocenters. The van der Waals surface area contributed by atoms with E-state index in [1.807, 2.05) is 30.3 Å². The lowest BCUT2D eigenvalue weighted by atomic mass is 10.2. The van der Waals surface area contributed by atoms with Gasteiger partial charge in [0.1, 0.15) is 12.4 Å². The molecule has 1 saturated heterocycles. The van der Waals surface area contributed by atoms with Gasteiger partial charge in [-0.3, -0.25) is 4.90 Å². The van der Waals surface area contributed by atoms with E-state index in [2.05, 4.69) is 9.88 Å². The number of nitrogens with zero attached hydrogens (tertiary/aromatic N) is 2. The van der Waals surface area contributed by atoms with Crippen LogP contribution in [0.3, 0.4) is 0 Å². The van der Waals surface area contributed by atoms with Crippen molar-refractivity contribution in [2.24, 2.45) is 0 Å². The zero-order valence-corrected chi connectivity index (χ0v) is 13.4. The van der Waals surface area contributed by atoms with Gasteiger partial charge in [0.25, 0.3) is 0 Å². The first kappa shape index (κ1) is 16.4. The summed E-state index contributed by atoms with van der Waals surface area (Å²) < 4.78 is 16.2. The molecule has 1 aromatic heterocycles. The summed E-state index contributed by atoms with van der Waals surface area (Å²) in [6.45, 7) is 4.30. The van der Waals surface area contributed by atoms with E-state index in [9.17, 15) is 4.79 Å². The number of ether oxygens (including phenoxy) is 3. The van der Waals surface area contributed by atoms with Crippen LogP contribution < -0.4 is 4.74 Å². The lowest BCUT2D eigenvalue weighted by Gasteiger charge is -2.26. The van der Waals surface area contributed by atoms with Crippen LogP contribution in [-0.4, -0.2) is 55.3 Å². The average molecular weight is 328 g/mol. The van der Waals surface area contributed by atoms with Crippen LogP contribution in [0.2, 0.25) is 0 Å². The van der Waals surface area contributed by atoms with Crippen LogP contribution in [0.15, 0.2) is 48.7 Å². The van der Waals surface area contributed by atoms with Crippen LogP contribution in [-0.2, 0) is 9.47 Å². The van der Waals surface area contributed by atoms with Crippen LogP contribution >= 0.6 is 0 Å². The first-order valence-electron chi connectivity index (χ1n) is 7.97. The highest BCUT2D eigenvalue weighted by atomic mass is 16.5. The molecule has 0 saturated carbocycles. The Labute approximate surface area is 141 Å². The number of carbonyl (C=O) groups excluding carboxylic acids is 1. The molecule has 0 unspecified atom stereocenters. The van der Waals surface area contributed by atoms with E-state index in [1.165, 1.54) is 6.20 Å². The third kappa shape index (κ3) is 4.78. The van der Waals surface area contributed by atoms with Crippen molar-refractivity contribution in [3.05, 3.63) is 54.2 Å². The summed E-state index contributed by atoms with van der Waals surface area (Å²) in [5.41, 5.74) is 0.429.